The van der Waals surface area contributed by atoms with Crippen molar-refractivity contribution in [2.45, 2.75) is 117 Å². The van der Waals surface area contributed by atoms with Gasteiger partial charge in [0, 0.05) is 13.1 Å². The van der Waals surface area contributed by atoms with Crippen molar-refractivity contribution in [3.63, 3.8) is 0 Å². The molecule has 0 fully saturated rings. The second-order valence-corrected chi connectivity index (χ2v) is 10.1. The van der Waals surface area contributed by atoms with Gasteiger partial charge in [0.1, 0.15) is 0 Å². The summed E-state index contributed by atoms with van der Waals surface area (Å²) < 4.78 is 29.7. The average molecular weight is 482 g/mol. The molecule has 0 aromatic heterocycles. The molecule has 2 N–H and O–H groups in total. The summed E-state index contributed by atoms with van der Waals surface area (Å²) in [7, 11) is -3.77. The number of hydrogen-bond acceptors (Lipinski definition) is 7. The minimum absolute atomic E-state index is 0.131. The standard InChI is InChI=1S/C24H52NO6P/c1-3-5-7-9-11-12-13-14-16-18-24-30-32(28,31-25(19-21-26)20-22-27)29-23-17-15-10-8-6-4-2/h26-27H,3-24H2,1-2H3. The topological polar surface area (TPSA) is 88.5 Å². The lowest BCUT2D eigenvalue weighted by Gasteiger charge is -2.25. The second kappa shape index (κ2) is 24.1. The van der Waals surface area contributed by atoms with E-state index in [1.807, 2.05) is 0 Å². The Hall–Kier alpha value is -0.0100. The fraction of sp³-hybridized carbons (Fsp3) is 1.00. The highest BCUT2D eigenvalue weighted by Crippen LogP contribution is 2.50. The summed E-state index contributed by atoms with van der Waals surface area (Å²) in [6, 6.07) is 0. The maximum atomic E-state index is 13.1. The minimum Gasteiger partial charge on any atom is -0.395 e. The first-order valence-electron chi connectivity index (χ1n) is 13.2. The number of rotatable bonds is 26. The van der Waals surface area contributed by atoms with Crippen LogP contribution in [0.3, 0.4) is 0 Å². The van der Waals surface area contributed by atoms with Gasteiger partial charge in [-0.1, -0.05) is 104 Å². The van der Waals surface area contributed by atoms with Gasteiger partial charge in [-0.2, -0.15) is 9.69 Å². The van der Waals surface area contributed by atoms with Gasteiger partial charge in [-0.05, 0) is 12.8 Å². The highest BCUT2D eigenvalue weighted by molar-refractivity contribution is 7.48. The molecule has 0 bridgehead atoms. The predicted octanol–water partition coefficient (Wildman–Crippen LogP) is 6.63. The summed E-state index contributed by atoms with van der Waals surface area (Å²) in [5.74, 6) is 0. The number of hydroxylamine groups is 2. The van der Waals surface area contributed by atoms with E-state index in [0.717, 1.165) is 38.5 Å². The van der Waals surface area contributed by atoms with Crippen LogP contribution in [0, 0.1) is 0 Å². The molecule has 0 radical (unpaired) electrons. The van der Waals surface area contributed by atoms with Crippen molar-refractivity contribution in [1.82, 2.24) is 5.06 Å². The van der Waals surface area contributed by atoms with Crippen molar-refractivity contribution < 1.29 is 28.5 Å². The average Bonchev–Trinajstić information content (AvgIpc) is 2.77. The Labute approximate surface area is 197 Å². The SMILES string of the molecule is CCCCCCCCCCCCOP(=O)(OCCCCCCCC)ON(CCO)CCO. The van der Waals surface area contributed by atoms with E-state index in [0.29, 0.717) is 13.2 Å². The maximum absolute atomic E-state index is 13.1. The van der Waals surface area contributed by atoms with E-state index in [1.54, 1.807) is 0 Å². The number of unbranched alkanes of at least 4 members (excludes halogenated alkanes) is 14. The van der Waals surface area contributed by atoms with Crippen molar-refractivity contribution in [2.24, 2.45) is 0 Å². The Kier molecular flexibility index (Phi) is 24.1. The summed E-state index contributed by atoms with van der Waals surface area (Å²) in [6.07, 6.45) is 18.8. The third-order valence-corrected chi connectivity index (χ3v) is 6.84. The van der Waals surface area contributed by atoms with Gasteiger partial charge in [-0.25, -0.2) is 4.57 Å². The molecule has 1 unspecified atom stereocenters. The number of aliphatic hydroxyl groups is 2. The quantitative estimate of drug-likeness (QED) is 0.0814. The van der Waals surface area contributed by atoms with Gasteiger partial charge < -0.3 is 10.2 Å². The predicted molar refractivity (Wildman–Crippen MR) is 132 cm³/mol. The van der Waals surface area contributed by atoms with E-state index in [9.17, 15) is 14.8 Å². The van der Waals surface area contributed by atoms with Crippen LogP contribution in [0.15, 0.2) is 0 Å². The molecule has 8 heteroatoms. The summed E-state index contributed by atoms with van der Waals surface area (Å²) in [5, 5.41) is 19.6. The van der Waals surface area contributed by atoms with Crippen LogP contribution in [0.25, 0.3) is 0 Å². The molecule has 0 aliphatic heterocycles. The lowest BCUT2D eigenvalue weighted by Crippen LogP contribution is -2.30. The van der Waals surface area contributed by atoms with Crippen LogP contribution >= 0.6 is 7.82 Å². The van der Waals surface area contributed by atoms with Crippen LogP contribution < -0.4 is 0 Å². The van der Waals surface area contributed by atoms with E-state index < -0.39 is 7.82 Å². The van der Waals surface area contributed by atoms with Crippen LogP contribution in [-0.4, -0.2) is 54.8 Å². The Bertz CT molecular complexity index is 421. The number of nitrogens with zero attached hydrogens (tertiary/aromatic N) is 1. The molecule has 1 atom stereocenters. The zero-order valence-corrected chi connectivity index (χ0v) is 21.9. The second-order valence-electron chi connectivity index (χ2n) is 8.52. The molecule has 32 heavy (non-hydrogen) atoms. The molecule has 7 nitrogen and oxygen atoms in total. The monoisotopic (exact) mass is 481 g/mol. The molecule has 0 aliphatic carbocycles. The number of aliphatic hydroxyl groups excluding tert-OH is 2. The molecule has 0 spiro atoms. The van der Waals surface area contributed by atoms with Crippen molar-refractivity contribution in [3.05, 3.63) is 0 Å². The fourth-order valence-electron chi connectivity index (χ4n) is 3.47. The fourth-order valence-corrected chi connectivity index (χ4v) is 4.79. The minimum atomic E-state index is -3.77. The first kappa shape index (κ1) is 32.0. The normalized spacial score (nSPS) is 13.7. The van der Waals surface area contributed by atoms with Gasteiger partial charge in [0.25, 0.3) is 0 Å². The van der Waals surface area contributed by atoms with Gasteiger partial charge in [0.15, 0.2) is 0 Å². The number of phosphoric acid groups is 1. The zero-order chi connectivity index (χ0) is 23.8. The van der Waals surface area contributed by atoms with Crippen LogP contribution in [0.1, 0.15) is 117 Å². The third-order valence-electron chi connectivity index (χ3n) is 5.41. The summed E-state index contributed by atoms with van der Waals surface area (Å²) in [4.78, 5) is 0. The lowest BCUT2D eigenvalue weighted by molar-refractivity contribution is -0.105. The lowest BCUT2D eigenvalue weighted by atomic mass is 10.1. The van der Waals surface area contributed by atoms with Crippen molar-refractivity contribution in [1.29, 1.82) is 0 Å². The van der Waals surface area contributed by atoms with Gasteiger partial charge in [0.2, 0.25) is 0 Å². The van der Waals surface area contributed by atoms with Crippen LogP contribution in [0.5, 0.6) is 0 Å². The maximum Gasteiger partial charge on any atom is 0.491 e. The molecule has 0 aromatic carbocycles. The van der Waals surface area contributed by atoms with Crippen molar-refractivity contribution in [3.8, 4) is 0 Å². The molecule has 0 heterocycles. The number of phosphoric ester groups is 1. The largest absolute Gasteiger partial charge is 0.491 e. The first-order valence-corrected chi connectivity index (χ1v) is 14.6. The molecular formula is C24H52NO6P. The smallest absolute Gasteiger partial charge is 0.395 e. The van der Waals surface area contributed by atoms with E-state index in [-0.39, 0.29) is 26.3 Å². The van der Waals surface area contributed by atoms with Gasteiger partial charge in [-0.15, -0.1) is 0 Å². The summed E-state index contributed by atoms with van der Waals surface area (Å²) in [6.45, 7) is 4.98. The van der Waals surface area contributed by atoms with E-state index >= 15 is 0 Å². The highest BCUT2D eigenvalue weighted by atomic mass is 31.2. The third kappa shape index (κ3) is 20.6. The van der Waals surface area contributed by atoms with Gasteiger partial charge in [0.05, 0.1) is 26.4 Å². The molecule has 0 saturated carbocycles. The van der Waals surface area contributed by atoms with E-state index in [4.69, 9.17) is 13.7 Å². The Morgan fingerprint density at radius 3 is 1.28 bits per heavy atom. The molecule has 0 saturated heterocycles. The molecule has 194 valence electrons. The van der Waals surface area contributed by atoms with E-state index in [2.05, 4.69) is 13.8 Å². The van der Waals surface area contributed by atoms with E-state index in [1.165, 1.54) is 69.3 Å². The number of hydrogen-bond donors (Lipinski definition) is 2. The van der Waals surface area contributed by atoms with Gasteiger partial charge in [-0.3, -0.25) is 9.05 Å². The van der Waals surface area contributed by atoms with Crippen LogP contribution in [0.2, 0.25) is 0 Å². The Morgan fingerprint density at radius 2 is 0.938 bits per heavy atom. The van der Waals surface area contributed by atoms with Crippen LogP contribution in [0.4, 0.5) is 0 Å². The Morgan fingerprint density at radius 1 is 0.594 bits per heavy atom. The van der Waals surface area contributed by atoms with Crippen molar-refractivity contribution >= 4 is 7.82 Å². The zero-order valence-electron chi connectivity index (χ0n) is 21.0. The molecule has 0 aliphatic rings. The summed E-state index contributed by atoms with van der Waals surface area (Å²) in [5.41, 5.74) is 0. The molecule has 0 aromatic rings. The first-order chi connectivity index (χ1) is 15.6. The summed E-state index contributed by atoms with van der Waals surface area (Å²) >= 11 is 0. The molecular weight excluding hydrogens is 429 g/mol. The highest BCUT2D eigenvalue weighted by Gasteiger charge is 2.30. The Balaban J connectivity index is 4.21. The molecule has 0 rings (SSSR count). The molecule has 0 amide bonds. The van der Waals surface area contributed by atoms with Gasteiger partial charge >= 0.3 is 7.82 Å². The van der Waals surface area contributed by atoms with Crippen LogP contribution in [-0.2, 0) is 18.2 Å². The van der Waals surface area contributed by atoms with Crippen molar-refractivity contribution in [2.75, 3.05) is 39.5 Å².